The fourth-order valence-electron chi connectivity index (χ4n) is 3.25. The SMILES string of the molecule is COc1ccc(OC(C)C)c(NC(=O)[C@H]2CNC[C@@H]2c2cnn(C)c2)c1.Cl. The van der Waals surface area contributed by atoms with E-state index in [2.05, 4.69) is 15.7 Å². The molecule has 27 heavy (non-hydrogen) atoms. The number of rotatable bonds is 6. The first-order valence-electron chi connectivity index (χ1n) is 8.82. The first-order chi connectivity index (χ1) is 12.5. The van der Waals surface area contributed by atoms with Crippen molar-refractivity contribution in [3.8, 4) is 11.5 Å². The Morgan fingerprint density at radius 1 is 1.37 bits per heavy atom. The number of methoxy groups -OCH3 is 1. The number of ether oxygens (including phenoxy) is 2. The van der Waals surface area contributed by atoms with Gasteiger partial charge in [-0.3, -0.25) is 9.48 Å². The lowest BCUT2D eigenvalue weighted by molar-refractivity contribution is -0.119. The molecule has 148 valence electrons. The van der Waals surface area contributed by atoms with Gasteiger partial charge in [0.25, 0.3) is 0 Å². The molecule has 0 aliphatic carbocycles. The van der Waals surface area contributed by atoms with Crippen LogP contribution in [0.25, 0.3) is 0 Å². The van der Waals surface area contributed by atoms with Gasteiger partial charge in [-0.05, 0) is 31.5 Å². The maximum atomic E-state index is 13.0. The van der Waals surface area contributed by atoms with E-state index in [1.54, 1.807) is 17.9 Å². The number of hydrogen-bond acceptors (Lipinski definition) is 5. The van der Waals surface area contributed by atoms with Crippen LogP contribution in [0.2, 0.25) is 0 Å². The van der Waals surface area contributed by atoms with Crippen molar-refractivity contribution in [3.05, 3.63) is 36.2 Å². The summed E-state index contributed by atoms with van der Waals surface area (Å²) in [7, 11) is 3.48. The van der Waals surface area contributed by atoms with Crippen molar-refractivity contribution in [3.63, 3.8) is 0 Å². The first kappa shape index (κ1) is 21.1. The van der Waals surface area contributed by atoms with E-state index < -0.39 is 0 Å². The maximum Gasteiger partial charge on any atom is 0.229 e. The second-order valence-corrected chi connectivity index (χ2v) is 6.84. The Bertz CT molecular complexity index is 778. The number of carbonyl (C=O) groups excluding carboxylic acids is 1. The molecule has 3 rings (SSSR count). The molecule has 7 nitrogen and oxygen atoms in total. The van der Waals surface area contributed by atoms with Crippen LogP contribution in [-0.2, 0) is 11.8 Å². The van der Waals surface area contributed by atoms with E-state index >= 15 is 0 Å². The summed E-state index contributed by atoms with van der Waals surface area (Å²) >= 11 is 0. The Balaban J connectivity index is 0.00000261. The topological polar surface area (TPSA) is 77.4 Å². The van der Waals surface area contributed by atoms with Crippen LogP contribution < -0.4 is 20.1 Å². The van der Waals surface area contributed by atoms with Gasteiger partial charge in [0.05, 0.1) is 31.0 Å². The summed E-state index contributed by atoms with van der Waals surface area (Å²) in [6, 6.07) is 5.43. The molecule has 1 saturated heterocycles. The molecule has 0 saturated carbocycles. The molecule has 0 unspecified atom stereocenters. The van der Waals surface area contributed by atoms with Gasteiger partial charge in [-0.15, -0.1) is 12.4 Å². The molecular formula is C19H27ClN4O3. The zero-order chi connectivity index (χ0) is 18.7. The van der Waals surface area contributed by atoms with Gasteiger partial charge < -0.3 is 20.1 Å². The molecule has 2 N–H and O–H groups in total. The molecule has 1 aromatic heterocycles. The van der Waals surface area contributed by atoms with Crippen LogP contribution in [0.5, 0.6) is 11.5 Å². The molecule has 0 bridgehead atoms. The third-order valence-electron chi connectivity index (χ3n) is 4.51. The molecule has 1 aromatic carbocycles. The molecule has 0 spiro atoms. The molecule has 2 atom stereocenters. The van der Waals surface area contributed by atoms with E-state index in [0.717, 1.165) is 12.1 Å². The van der Waals surface area contributed by atoms with Crippen LogP contribution in [0, 0.1) is 5.92 Å². The summed E-state index contributed by atoms with van der Waals surface area (Å²) in [5.41, 5.74) is 1.70. The number of hydrogen-bond donors (Lipinski definition) is 2. The summed E-state index contributed by atoms with van der Waals surface area (Å²) in [5, 5.41) is 10.6. The number of carbonyl (C=O) groups is 1. The van der Waals surface area contributed by atoms with Gasteiger partial charge in [0.2, 0.25) is 5.91 Å². The quantitative estimate of drug-likeness (QED) is 0.787. The molecule has 1 amide bonds. The van der Waals surface area contributed by atoms with E-state index in [4.69, 9.17) is 9.47 Å². The third kappa shape index (κ3) is 4.93. The molecule has 2 heterocycles. The highest BCUT2D eigenvalue weighted by Gasteiger charge is 2.35. The Morgan fingerprint density at radius 2 is 2.15 bits per heavy atom. The second-order valence-electron chi connectivity index (χ2n) is 6.84. The van der Waals surface area contributed by atoms with Crippen molar-refractivity contribution in [2.24, 2.45) is 13.0 Å². The smallest absolute Gasteiger partial charge is 0.229 e. The van der Waals surface area contributed by atoms with Gasteiger partial charge in [-0.1, -0.05) is 0 Å². The summed E-state index contributed by atoms with van der Waals surface area (Å²) < 4.78 is 12.9. The van der Waals surface area contributed by atoms with Crippen LogP contribution in [0.3, 0.4) is 0 Å². The van der Waals surface area contributed by atoms with Crippen LogP contribution >= 0.6 is 12.4 Å². The van der Waals surface area contributed by atoms with Gasteiger partial charge in [0.15, 0.2) is 0 Å². The summed E-state index contributed by atoms with van der Waals surface area (Å²) in [6.45, 7) is 5.30. The van der Waals surface area contributed by atoms with Crippen LogP contribution in [0.15, 0.2) is 30.6 Å². The highest BCUT2D eigenvalue weighted by atomic mass is 35.5. The van der Waals surface area contributed by atoms with Crippen LogP contribution in [-0.4, -0.2) is 42.0 Å². The van der Waals surface area contributed by atoms with Crippen LogP contribution in [0.1, 0.15) is 25.3 Å². The molecule has 0 radical (unpaired) electrons. The minimum atomic E-state index is -0.169. The van der Waals surface area contributed by atoms with E-state index in [1.807, 2.05) is 45.4 Å². The fourth-order valence-corrected chi connectivity index (χ4v) is 3.25. The lowest BCUT2D eigenvalue weighted by Gasteiger charge is -2.20. The highest BCUT2D eigenvalue weighted by Crippen LogP contribution is 2.33. The summed E-state index contributed by atoms with van der Waals surface area (Å²) in [6.07, 6.45) is 3.81. The Kier molecular flexibility index (Phi) is 7.10. The summed E-state index contributed by atoms with van der Waals surface area (Å²) in [5.74, 6) is 1.20. The van der Waals surface area contributed by atoms with E-state index in [-0.39, 0.29) is 36.3 Å². The Labute approximate surface area is 165 Å². The molecule has 1 aliphatic heterocycles. The van der Waals surface area contributed by atoms with Gasteiger partial charge in [-0.2, -0.15) is 5.10 Å². The first-order valence-corrected chi connectivity index (χ1v) is 8.82. The predicted molar refractivity (Wildman–Crippen MR) is 107 cm³/mol. The molecule has 8 heteroatoms. The standard InChI is InChI=1S/C19H26N4O3.ClH/c1-12(2)26-18-6-5-14(25-4)7-17(18)22-19(24)16-10-20-9-15(16)13-8-21-23(3)11-13;/h5-8,11-12,15-16,20H,9-10H2,1-4H3,(H,22,24);1H/t15-,16+;/m1./s1. The highest BCUT2D eigenvalue weighted by molar-refractivity contribution is 5.95. The largest absolute Gasteiger partial charge is 0.497 e. The van der Waals surface area contributed by atoms with Crippen molar-refractivity contribution in [2.45, 2.75) is 25.9 Å². The molecule has 1 fully saturated rings. The average Bonchev–Trinajstić information content (AvgIpc) is 3.24. The van der Waals surface area contributed by atoms with Gasteiger partial charge in [0, 0.05) is 38.3 Å². The predicted octanol–water partition coefficient (Wildman–Crippen LogP) is 2.58. The zero-order valence-electron chi connectivity index (χ0n) is 16.1. The molecule has 1 aliphatic rings. The van der Waals surface area contributed by atoms with Gasteiger partial charge >= 0.3 is 0 Å². The van der Waals surface area contributed by atoms with Crippen molar-refractivity contribution < 1.29 is 14.3 Å². The number of benzene rings is 1. The van der Waals surface area contributed by atoms with Crippen molar-refractivity contribution in [2.75, 3.05) is 25.5 Å². The number of anilines is 1. The van der Waals surface area contributed by atoms with Gasteiger partial charge in [0.1, 0.15) is 11.5 Å². The number of halogens is 1. The number of nitrogens with zero attached hydrogens (tertiary/aromatic N) is 2. The van der Waals surface area contributed by atoms with E-state index in [0.29, 0.717) is 23.7 Å². The maximum absolute atomic E-state index is 13.0. The van der Waals surface area contributed by atoms with Crippen molar-refractivity contribution in [1.82, 2.24) is 15.1 Å². The minimum Gasteiger partial charge on any atom is -0.497 e. The number of aromatic nitrogens is 2. The van der Waals surface area contributed by atoms with Crippen LogP contribution in [0.4, 0.5) is 5.69 Å². The van der Waals surface area contributed by atoms with Gasteiger partial charge in [-0.25, -0.2) is 0 Å². The fraction of sp³-hybridized carbons (Fsp3) is 0.474. The second kappa shape index (κ2) is 9.10. The lowest BCUT2D eigenvalue weighted by Crippen LogP contribution is -2.28. The average molecular weight is 395 g/mol. The number of nitrogens with one attached hydrogen (secondary N) is 2. The Hall–Kier alpha value is -2.25. The Morgan fingerprint density at radius 3 is 2.78 bits per heavy atom. The van der Waals surface area contributed by atoms with Crippen molar-refractivity contribution in [1.29, 1.82) is 0 Å². The summed E-state index contributed by atoms with van der Waals surface area (Å²) in [4.78, 5) is 13.0. The number of amides is 1. The number of aryl methyl sites for hydroxylation is 1. The zero-order valence-corrected chi connectivity index (χ0v) is 16.9. The van der Waals surface area contributed by atoms with Crippen molar-refractivity contribution >= 4 is 24.0 Å². The third-order valence-corrected chi connectivity index (χ3v) is 4.51. The monoisotopic (exact) mass is 394 g/mol. The lowest BCUT2D eigenvalue weighted by atomic mass is 9.90. The van der Waals surface area contributed by atoms with E-state index in [1.165, 1.54) is 0 Å². The minimum absolute atomic E-state index is 0. The molecule has 2 aromatic rings. The molecular weight excluding hydrogens is 368 g/mol. The van der Waals surface area contributed by atoms with E-state index in [9.17, 15) is 4.79 Å². The normalized spacial score (nSPS) is 18.9.